The Kier molecular flexibility index (Phi) is 6.43. The predicted molar refractivity (Wildman–Crippen MR) is 85.7 cm³/mol. The predicted octanol–water partition coefficient (Wildman–Crippen LogP) is 4.24. The molecule has 0 bridgehead atoms. The minimum absolute atomic E-state index is 0. The number of hydrogen-bond donors (Lipinski definition) is 0. The van der Waals surface area contributed by atoms with Crippen molar-refractivity contribution in [2.24, 2.45) is 0 Å². The van der Waals surface area contributed by atoms with Gasteiger partial charge in [0.05, 0.1) is 0 Å². The Bertz CT molecular complexity index is 564. The van der Waals surface area contributed by atoms with Gasteiger partial charge in [0.25, 0.3) is 0 Å². The van der Waals surface area contributed by atoms with Gasteiger partial charge in [-0.25, -0.2) is 4.39 Å². The molecule has 106 valence electrons. The summed E-state index contributed by atoms with van der Waals surface area (Å²) in [5.74, 6) is -0.204. The van der Waals surface area contributed by atoms with E-state index in [1.54, 1.807) is 12.1 Å². The van der Waals surface area contributed by atoms with Crippen molar-refractivity contribution >= 4 is 18.0 Å². The highest BCUT2D eigenvalue weighted by molar-refractivity contribution is 5.85. The van der Waals surface area contributed by atoms with E-state index in [-0.39, 0.29) is 18.2 Å². The smallest absolute Gasteiger partial charge is 0.123 e. The van der Waals surface area contributed by atoms with Gasteiger partial charge in [-0.1, -0.05) is 48.5 Å². The van der Waals surface area contributed by atoms with Gasteiger partial charge in [0.2, 0.25) is 0 Å². The Morgan fingerprint density at radius 1 is 1.00 bits per heavy atom. The number of halogens is 2. The van der Waals surface area contributed by atoms with E-state index in [0.717, 1.165) is 23.2 Å². The Balaban J connectivity index is 0.00000200. The first-order valence-corrected chi connectivity index (χ1v) is 6.33. The average molecular weight is 292 g/mol. The number of likely N-dealkylation sites (N-methyl/N-ethyl adjacent to an activating group) is 1. The summed E-state index contributed by atoms with van der Waals surface area (Å²) in [6.45, 7) is 0.820. The lowest BCUT2D eigenvalue weighted by molar-refractivity contribution is 0.457. The van der Waals surface area contributed by atoms with Crippen LogP contribution in [0.5, 0.6) is 0 Å². The number of rotatable bonds is 4. The molecule has 0 saturated carbocycles. The van der Waals surface area contributed by atoms with Crippen molar-refractivity contribution in [1.82, 2.24) is 4.90 Å². The molecule has 20 heavy (non-hydrogen) atoms. The van der Waals surface area contributed by atoms with Gasteiger partial charge in [-0.15, -0.1) is 12.4 Å². The minimum atomic E-state index is -0.204. The first-order chi connectivity index (χ1) is 9.16. The summed E-state index contributed by atoms with van der Waals surface area (Å²) in [7, 11) is 4.04. The summed E-state index contributed by atoms with van der Waals surface area (Å²) in [4.78, 5) is 2.09. The molecule has 0 radical (unpaired) electrons. The maximum absolute atomic E-state index is 13.4. The van der Waals surface area contributed by atoms with Crippen LogP contribution < -0.4 is 0 Å². The van der Waals surface area contributed by atoms with Crippen LogP contribution in [-0.4, -0.2) is 25.5 Å². The summed E-state index contributed by atoms with van der Waals surface area (Å²) in [6.07, 6.45) is 2.13. The fourth-order valence-electron chi connectivity index (χ4n) is 1.95. The Morgan fingerprint density at radius 3 is 2.25 bits per heavy atom. The third-order valence-corrected chi connectivity index (χ3v) is 2.88. The van der Waals surface area contributed by atoms with Crippen LogP contribution in [0.4, 0.5) is 4.39 Å². The normalized spacial score (nSPS) is 11.3. The molecule has 0 amide bonds. The fraction of sp³-hybridized carbons (Fsp3) is 0.176. The van der Waals surface area contributed by atoms with Crippen molar-refractivity contribution in [2.45, 2.75) is 0 Å². The molecule has 0 N–H and O–H groups in total. The van der Waals surface area contributed by atoms with Gasteiger partial charge >= 0.3 is 0 Å². The molecule has 0 saturated heterocycles. The van der Waals surface area contributed by atoms with Crippen molar-refractivity contribution in [1.29, 1.82) is 0 Å². The molecule has 0 aliphatic carbocycles. The van der Waals surface area contributed by atoms with Crippen molar-refractivity contribution in [3.05, 3.63) is 77.6 Å². The van der Waals surface area contributed by atoms with Crippen molar-refractivity contribution < 1.29 is 4.39 Å². The summed E-state index contributed by atoms with van der Waals surface area (Å²) in [5, 5.41) is 0. The molecule has 2 aromatic rings. The Labute approximate surface area is 126 Å². The first-order valence-electron chi connectivity index (χ1n) is 6.33. The number of nitrogens with zero attached hydrogens (tertiary/aromatic N) is 1. The van der Waals surface area contributed by atoms with Crippen molar-refractivity contribution in [3.8, 4) is 0 Å². The van der Waals surface area contributed by atoms with Gasteiger partial charge in [0, 0.05) is 6.54 Å². The molecule has 1 nitrogen and oxygen atoms in total. The molecular formula is C17H19ClFN. The van der Waals surface area contributed by atoms with E-state index in [0.29, 0.717) is 0 Å². The molecule has 2 rings (SSSR count). The van der Waals surface area contributed by atoms with Crippen molar-refractivity contribution in [3.63, 3.8) is 0 Å². The number of benzene rings is 2. The van der Waals surface area contributed by atoms with E-state index in [4.69, 9.17) is 0 Å². The van der Waals surface area contributed by atoms with E-state index in [9.17, 15) is 4.39 Å². The second-order valence-corrected chi connectivity index (χ2v) is 4.76. The second-order valence-electron chi connectivity index (χ2n) is 4.76. The lowest BCUT2D eigenvalue weighted by Gasteiger charge is -2.11. The topological polar surface area (TPSA) is 3.24 Å². The van der Waals surface area contributed by atoms with Gasteiger partial charge in [0.15, 0.2) is 0 Å². The Morgan fingerprint density at radius 2 is 1.65 bits per heavy atom. The second kappa shape index (κ2) is 7.83. The summed E-state index contributed by atoms with van der Waals surface area (Å²) >= 11 is 0. The zero-order valence-corrected chi connectivity index (χ0v) is 12.5. The average Bonchev–Trinajstić information content (AvgIpc) is 2.40. The maximum Gasteiger partial charge on any atom is 0.123 e. The molecular weight excluding hydrogens is 273 g/mol. The van der Waals surface area contributed by atoms with Crippen molar-refractivity contribution in [2.75, 3.05) is 20.6 Å². The summed E-state index contributed by atoms with van der Waals surface area (Å²) in [6, 6.07) is 16.8. The zero-order chi connectivity index (χ0) is 13.7. The molecule has 0 unspecified atom stereocenters. The SMILES string of the molecule is CN(C)CC=C(c1ccccc1)c1cccc(F)c1.Cl. The van der Waals surface area contributed by atoms with E-state index >= 15 is 0 Å². The van der Waals surface area contributed by atoms with Crippen LogP contribution in [0.2, 0.25) is 0 Å². The standard InChI is InChI=1S/C17H18FN.ClH/c1-19(2)12-11-17(14-7-4-3-5-8-14)15-9-6-10-16(18)13-15;/h3-11,13H,12H2,1-2H3;1H. The van der Waals surface area contributed by atoms with E-state index in [2.05, 4.69) is 11.0 Å². The minimum Gasteiger partial charge on any atom is -0.306 e. The van der Waals surface area contributed by atoms with Crippen LogP contribution in [0.1, 0.15) is 11.1 Å². The highest BCUT2D eigenvalue weighted by atomic mass is 35.5. The van der Waals surface area contributed by atoms with Gasteiger partial charge in [-0.05, 0) is 42.9 Å². The molecule has 3 heteroatoms. The van der Waals surface area contributed by atoms with Crippen LogP contribution in [0.3, 0.4) is 0 Å². The monoisotopic (exact) mass is 291 g/mol. The van der Waals surface area contributed by atoms with Gasteiger partial charge < -0.3 is 4.90 Å². The first kappa shape index (κ1) is 16.4. The third-order valence-electron chi connectivity index (χ3n) is 2.88. The van der Waals surface area contributed by atoms with Crippen LogP contribution in [-0.2, 0) is 0 Å². The lowest BCUT2D eigenvalue weighted by atomic mass is 9.97. The molecule has 0 spiro atoms. The van der Waals surface area contributed by atoms with E-state index in [1.165, 1.54) is 6.07 Å². The van der Waals surface area contributed by atoms with Gasteiger partial charge in [-0.2, -0.15) is 0 Å². The van der Waals surface area contributed by atoms with Gasteiger partial charge in [-0.3, -0.25) is 0 Å². The van der Waals surface area contributed by atoms with Crippen LogP contribution in [0.15, 0.2) is 60.7 Å². The highest BCUT2D eigenvalue weighted by Crippen LogP contribution is 2.23. The van der Waals surface area contributed by atoms with Crippen LogP contribution in [0.25, 0.3) is 5.57 Å². The molecule has 0 aliphatic heterocycles. The fourth-order valence-corrected chi connectivity index (χ4v) is 1.95. The number of hydrogen-bond acceptors (Lipinski definition) is 1. The van der Waals surface area contributed by atoms with E-state index in [1.807, 2.05) is 50.5 Å². The maximum atomic E-state index is 13.4. The quantitative estimate of drug-likeness (QED) is 0.814. The third kappa shape index (κ3) is 4.48. The van der Waals surface area contributed by atoms with Crippen LogP contribution in [0, 0.1) is 5.82 Å². The largest absolute Gasteiger partial charge is 0.306 e. The molecule has 0 aliphatic rings. The molecule has 2 aromatic carbocycles. The summed E-state index contributed by atoms with van der Waals surface area (Å²) < 4.78 is 13.4. The Hall–Kier alpha value is -1.64. The molecule has 0 aromatic heterocycles. The molecule has 0 heterocycles. The van der Waals surface area contributed by atoms with Gasteiger partial charge in [0.1, 0.15) is 5.82 Å². The van der Waals surface area contributed by atoms with Crippen LogP contribution >= 0.6 is 12.4 Å². The molecule has 0 fully saturated rings. The molecule has 0 atom stereocenters. The summed E-state index contributed by atoms with van der Waals surface area (Å²) in [5.41, 5.74) is 3.08. The lowest BCUT2D eigenvalue weighted by Crippen LogP contribution is -2.11. The highest BCUT2D eigenvalue weighted by Gasteiger charge is 2.05. The zero-order valence-electron chi connectivity index (χ0n) is 11.7. The van der Waals surface area contributed by atoms with E-state index < -0.39 is 0 Å².